The molecule has 15 heavy (non-hydrogen) atoms. The molecule has 0 radical (unpaired) electrons. The zero-order valence-electron chi connectivity index (χ0n) is 9.73. The molecular formula is C11H22ClNO2. The van der Waals surface area contributed by atoms with E-state index in [-0.39, 0.29) is 12.4 Å². The third-order valence-electron chi connectivity index (χ3n) is 2.65. The van der Waals surface area contributed by atoms with Crippen LogP contribution in [0.15, 0.2) is 12.2 Å². The molecule has 1 heterocycles. The number of hydrogen-bond donors (Lipinski definition) is 2. The number of likely N-dealkylation sites (tertiary alicyclic amines) is 1. The van der Waals surface area contributed by atoms with Crippen molar-refractivity contribution in [3.8, 4) is 0 Å². The normalized spacial score (nSPS) is 22.7. The van der Waals surface area contributed by atoms with Gasteiger partial charge < -0.3 is 15.1 Å². The number of halogens is 1. The van der Waals surface area contributed by atoms with Crippen LogP contribution >= 0.6 is 12.4 Å². The van der Waals surface area contributed by atoms with Crippen molar-refractivity contribution in [2.24, 2.45) is 0 Å². The van der Waals surface area contributed by atoms with E-state index >= 15 is 0 Å². The highest BCUT2D eigenvalue weighted by Crippen LogP contribution is 2.23. The van der Waals surface area contributed by atoms with Crippen LogP contribution in [0, 0.1) is 0 Å². The van der Waals surface area contributed by atoms with Crippen LogP contribution < -0.4 is 0 Å². The highest BCUT2D eigenvalue weighted by Gasteiger charge is 2.28. The second-order valence-corrected chi connectivity index (χ2v) is 4.89. The van der Waals surface area contributed by atoms with E-state index < -0.39 is 11.2 Å². The van der Waals surface area contributed by atoms with Crippen LogP contribution in [0.25, 0.3) is 0 Å². The molecule has 0 bridgehead atoms. The smallest absolute Gasteiger partial charge is 0.0853 e. The largest absolute Gasteiger partial charge is 0.386 e. The lowest BCUT2D eigenvalue weighted by atomic mass is 9.90. The molecule has 0 aromatic rings. The number of rotatable bonds is 2. The molecule has 1 rings (SSSR count). The lowest BCUT2D eigenvalue weighted by Gasteiger charge is -2.34. The summed E-state index contributed by atoms with van der Waals surface area (Å²) in [4.78, 5) is 2.20. The summed E-state index contributed by atoms with van der Waals surface area (Å²) in [7, 11) is 2.05. The molecule has 2 N–H and O–H groups in total. The first-order valence-electron chi connectivity index (χ1n) is 5.14. The molecule has 1 aliphatic rings. The Morgan fingerprint density at radius 1 is 1.27 bits per heavy atom. The average Bonchev–Trinajstić information content (AvgIpc) is 2.07. The van der Waals surface area contributed by atoms with Gasteiger partial charge in [-0.2, -0.15) is 0 Å². The van der Waals surface area contributed by atoms with E-state index in [9.17, 15) is 10.2 Å². The zero-order chi connectivity index (χ0) is 10.8. The third kappa shape index (κ3) is 5.52. The van der Waals surface area contributed by atoms with Gasteiger partial charge in [0.2, 0.25) is 0 Å². The minimum atomic E-state index is -0.834. The van der Waals surface area contributed by atoms with Crippen LogP contribution in [0.4, 0.5) is 0 Å². The van der Waals surface area contributed by atoms with Crippen molar-refractivity contribution in [1.82, 2.24) is 4.90 Å². The fraction of sp³-hybridized carbons (Fsp3) is 0.818. The highest BCUT2D eigenvalue weighted by atomic mass is 35.5. The molecular weight excluding hydrogens is 214 g/mol. The molecule has 0 unspecified atom stereocenters. The van der Waals surface area contributed by atoms with E-state index in [2.05, 4.69) is 11.9 Å². The van der Waals surface area contributed by atoms with Crippen LogP contribution in [0.5, 0.6) is 0 Å². The van der Waals surface area contributed by atoms with Gasteiger partial charge in [0.05, 0.1) is 11.2 Å². The minimum Gasteiger partial charge on any atom is -0.386 e. The van der Waals surface area contributed by atoms with E-state index in [0.717, 1.165) is 25.9 Å². The van der Waals surface area contributed by atoms with Crippen LogP contribution in [0.2, 0.25) is 0 Å². The Balaban J connectivity index is 0.00000196. The molecule has 3 nitrogen and oxygen atoms in total. The summed E-state index contributed by atoms with van der Waals surface area (Å²) in [6.07, 6.45) is 4.92. The summed E-state index contributed by atoms with van der Waals surface area (Å²) in [6, 6.07) is 0. The number of nitrogens with zero attached hydrogens (tertiary/aromatic N) is 1. The Morgan fingerprint density at radius 3 is 2.13 bits per heavy atom. The van der Waals surface area contributed by atoms with E-state index in [4.69, 9.17) is 0 Å². The van der Waals surface area contributed by atoms with E-state index in [1.807, 2.05) is 0 Å². The van der Waals surface area contributed by atoms with Crippen molar-refractivity contribution in [2.75, 3.05) is 20.1 Å². The van der Waals surface area contributed by atoms with Crippen molar-refractivity contribution in [1.29, 1.82) is 0 Å². The van der Waals surface area contributed by atoms with Crippen LogP contribution in [-0.2, 0) is 0 Å². The summed E-state index contributed by atoms with van der Waals surface area (Å²) in [5, 5.41) is 19.6. The lowest BCUT2D eigenvalue weighted by molar-refractivity contribution is 0.0242. The second kappa shape index (κ2) is 5.30. The molecule has 0 saturated carbocycles. The first-order valence-corrected chi connectivity index (χ1v) is 5.14. The minimum absolute atomic E-state index is 0. The fourth-order valence-electron chi connectivity index (χ4n) is 1.53. The van der Waals surface area contributed by atoms with Gasteiger partial charge in [-0.3, -0.25) is 0 Å². The van der Waals surface area contributed by atoms with Crippen molar-refractivity contribution >= 4 is 12.4 Å². The molecule has 1 saturated heterocycles. The summed E-state index contributed by atoms with van der Waals surface area (Å²) in [5.41, 5.74) is -1.55. The van der Waals surface area contributed by atoms with Crippen molar-refractivity contribution in [3.63, 3.8) is 0 Å². The van der Waals surface area contributed by atoms with Gasteiger partial charge in [-0.15, -0.1) is 12.4 Å². The molecule has 0 amide bonds. The second-order valence-electron chi connectivity index (χ2n) is 4.89. The first kappa shape index (κ1) is 14.9. The average molecular weight is 236 g/mol. The van der Waals surface area contributed by atoms with Crippen LogP contribution in [-0.4, -0.2) is 46.5 Å². The number of piperidine rings is 1. The fourth-order valence-corrected chi connectivity index (χ4v) is 1.53. The Kier molecular flexibility index (Phi) is 5.27. The summed E-state index contributed by atoms with van der Waals surface area (Å²) < 4.78 is 0. The summed E-state index contributed by atoms with van der Waals surface area (Å²) in [5.74, 6) is 0. The Morgan fingerprint density at radius 2 is 1.73 bits per heavy atom. The Labute approximate surface area is 98.2 Å². The van der Waals surface area contributed by atoms with Crippen molar-refractivity contribution in [3.05, 3.63) is 12.2 Å². The topological polar surface area (TPSA) is 43.7 Å². The van der Waals surface area contributed by atoms with Gasteiger partial charge in [0, 0.05) is 13.1 Å². The molecule has 0 aliphatic carbocycles. The van der Waals surface area contributed by atoms with E-state index in [1.165, 1.54) is 0 Å². The molecule has 0 spiro atoms. The van der Waals surface area contributed by atoms with Gasteiger partial charge in [0.15, 0.2) is 0 Å². The number of hydrogen-bond acceptors (Lipinski definition) is 3. The molecule has 90 valence electrons. The quantitative estimate of drug-likeness (QED) is 0.707. The van der Waals surface area contributed by atoms with Gasteiger partial charge in [-0.05, 0) is 33.7 Å². The molecule has 4 heteroatoms. The maximum atomic E-state index is 10.1. The van der Waals surface area contributed by atoms with Gasteiger partial charge in [0.25, 0.3) is 0 Å². The SMILES string of the molecule is CN1CCC(O)(/C=C\C(C)(C)O)CC1.Cl. The molecule has 1 fully saturated rings. The lowest BCUT2D eigenvalue weighted by Crippen LogP contribution is -2.41. The molecule has 1 aliphatic heterocycles. The molecule has 0 atom stereocenters. The first-order chi connectivity index (χ1) is 6.31. The van der Waals surface area contributed by atoms with Gasteiger partial charge >= 0.3 is 0 Å². The Hall–Kier alpha value is -0.0900. The van der Waals surface area contributed by atoms with Crippen LogP contribution in [0.1, 0.15) is 26.7 Å². The monoisotopic (exact) mass is 235 g/mol. The number of aliphatic hydroxyl groups is 2. The summed E-state index contributed by atoms with van der Waals surface area (Å²) in [6.45, 7) is 5.24. The van der Waals surface area contributed by atoms with E-state index in [1.54, 1.807) is 26.0 Å². The maximum absolute atomic E-state index is 10.1. The molecule has 0 aromatic heterocycles. The van der Waals surface area contributed by atoms with Gasteiger partial charge in [-0.25, -0.2) is 0 Å². The summed E-state index contributed by atoms with van der Waals surface area (Å²) >= 11 is 0. The van der Waals surface area contributed by atoms with Gasteiger partial charge in [-0.1, -0.05) is 12.2 Å². The highest BCUT2D eigenvalue weighted by molar-refractivity contribution is 5.85. The van der Waals surface area contributed by atoms with Crippen molar-refractivity contribution < 1.29 is 10.2 Å². The van der Waals surface area contributed by atoms with Gasteiger partial charge in [0.1, 0.15) is 0 Å². The van der Waals surface area contributed by atoms with Crippen molar-refractivity contribution in [2.45, 2.75) is 37.9 Å². The van der Waals surface area contributed by atoms with Crippen LogP contribution in [0.3, 0.4) is 0 Å². The molecule has 0 aromatic carbocycles. The standard InChI is InChI=1S/C11H21NO2.ClH/c1-10(2,13)4-5-11(14)6-8-12(3)9-7-11;/h4-5,13-14H,6-9H2,1-3H3;1H/b5-4-;. The third-order valence-corrected chi connectivity index (χ3v) is 2.65. The zero-order valence-corrected chi connectivity index (χ0v) is 10.5. The predicted molar refractivity (Wildman–Crippen MR) is 64.4 cm³/mol. The maximum Gasteiger partial charge on any atom is 0.0853 e. The predicted octanol–water partition coefficient (Wildman–Crippen LogP) is 1.19. The Bertz CT molecular complexity index is 215. The van der Waals surface area contributed by atoms with E-state index in [0.29, 0.717) is 0 Å².